The summed E-state index contributed by atoms with van der Waals surface area (Å²) in [5, 5.41) is 6.01. The molecule has 0 saturated carbocycles. The van der Waals surface area contributed by atoms with Gasteiger partial charge in [0.05, 0.1) is 22.2 Å². The van der Waals surface area contributed by atoms with E-state index < -0.39 is 0 Å². The van der Waals surface area contributed by atoms with Gasteiger partial charge in [0.1, 0.15) is 0 Å². The molecule has 242 valence electrons. The summed E-state index contributed by atoms with van der Waals surface area (Å²) in [5.74, 6) is 0.736. The molecule has 0 fully saturated rings. The Hall–Kier alpha value is -6.49. The van der Waals surface area contributed by atoms with E-state index in [1.54, 1.807) is 0 Å². The van der Waals surface area contributed by atoms with E-state index in [9.17, 15) is 0 Å². The molecule has 10 aromatic rings. The van der Waals surface area contributed by atoms with E-state index in [0.717, 1.165) is 33.5 Å². The fourth-order valence-electron chi connectivity index (χ4n) is 8.05. The van der Waals surface area contributed by atoms with Crippen molar-refractivity contribution in [2.45, 2.75) is 9.79 Å². The number of fused-ring (bicyclic) bond motifs is 6. The molecule has 1 aliphatic heterocycles. The van der Waals surface area contributed by atoms with Crippen LogP contribution >= 0.6 is 11.8 Å². The minimum Gasteiger partial charge on any atom is -0.309 e. The largest absolute Gasteiger partial charge is 0.309 e. The Kier molecular flexibility index (Phi) is 6.48. The van der Waals surface area contributed by atoms with Crippen molar-refractivity contribution in [3.63, 3.8) is 0 Å². The maximum Gasteiger partial charge on any atom is 0.161 e. The lowest BCUT2D eigenvalue weighted by molar-refractivity contribution is 1.16. The van der Waals surface area contributed by atoms with Crippen LogP contribution in [0.3, 0.4) is 0 Å². The maximum absolute atomic E-state index is 5.34. The predicted octanol–water partition coefficient (Wildman–Crippen LogP) is 13.0. The second-order valence-electron chi connectivity index (χ2n) is 13.4. The van der Waals surface area contributed by atoms with Gasteiger partial charge in [0.2, 0.25) is 0 Å². The van der Waals surface area contributed by atoms with Crippen molar-refractivity contribution < 1.29 is 0 Å². The van der Waals surface area contributed by atoms with Crippen molar-refractivity contribution in [3.05, 3.63) is 176 Å². The molecule has 0 spiro atoms. The van der Waals surface area contributed by atoms with Gasteiger partial charge in [0.15, 0.2) is 5.82 Å². The monoisotopic (exact) mass is 679 g/mol. The lowest BCUT2D eigenvalue weighted by Gasteiger charge is -2.22. The number of aromatic nitrogens is 3. The molecule has 8 aromatic carbocycles. The molecule has 0 amide bonds. The Labute approximate surface area is 304 Å². The first-order chi connectivity index (χ1) is 25.8. The molecule has 3 nitrogen and oxygen atoms in total. The Morgan fingerprint density at radius 3 is 1.88 bits per heavy atom. The Balaban J connectivity index is 1.06. The summed E-state index contributed by atoms with van der Waals surface area (Å²) in [4.78, 5) is 13.0. The van der Waals surface area contributed by atoms with E-state index in [0.29, 0.717) is 0 Å². The quantitative estimate of drug-likeness (QED) is 0.185. The Morgan fingerprint density at radius 1 is 0.404 bits per heavy atom. The van der Waals surface area contributed by atoms with E-state index in [1.165, 1.54) is 70.3 Å². The molecule has 52 heavy (non-hydrogen) atoms. The molecular weight excluding hydrogens is 651 g/mol. The number of nitrogens with zero attached hydrogens (tertiary/aromatic N) is 3. The van der Waals surface area contributed by atoms with Crippen LogP contribution in [0.1, 0.15) is 0 Å². The van der Waals surface area contributed by atoms with Crippen LogP contribution in [-0.4, -0.2) is 14.5 Å². The highest BCUT2D eigenvalue weighted by atomic mass is 32.2. The van der Waals surface area contributed by atoms with Crippen LogP contribution in [0.2, 0.25) is 0 Å². The summed E-state index contributed by atoms with van der Waals surface area (Å²) in [6.45, 7) is 0. The molecule has 0 bridgehead atoms. The van der Waals surface area contributed by atoms with Gasteiger partial charge >= 0.3 is 0 Å². The third-order valence-electron chi connectivity index (χ3n) is 10.4. The fraction of sp³-hybridized carbons (Fsp3) is 0. The molecule has 4 heteroatoms. The van der Waals surface area contributed by atoms with Crippen LogP contribution in [-0.2, 0) is 0 Å². The van der Waals surface area contributed by atoms with Crippen LogP contribution in [0.25, 0.3) is 94.1 Å². The van der Waals surface area contributed by atoms with E-state index in [1.807, 2.05) is 11.8 Å². The summed E-state index contributed by atoms with van der Waals surface area (Å²) >= 11 is 1.85. The first-order valence-corrected chi connectivity index (χ1v) is 18.4. The second kappa shape index (κ2) is 11.5. The average molecular weight is 680 g/mol. The minimum absolute atomic E-state index is 0.736. The average Bonchev–Trinajstić information content (AvgIpc) is 3.55. The Bertz CT molecular complexity index is 3000. The van der Waals surface area contributed by atoms with Gasteiger partial charge in [-0.1, -0.05) is 139 Å². The zero-order chi connectivity index (χ0) is 34.2. The van der Waals surface area contributed by atoms with Gasteiger partial charge in [-0.3, -0.25) is 0 Å². The SMILES string of the molecule is c1ccc(-c2cccc(-c3nc(-c4ccc5c6c(cccc46)-c4ccc(-n6c7ccccc7c7ccccc76)cc4S5)nc4ccccc34)c2)cc1. The summed E-state index contributed by atoms with van der Waals surface area (Å²) in [7, 11) is 0. The zero-order valence-electron chi connectivity index (χ0n) is 28.0. The summed E-state index contributed by atoms with van der Waals surface area (Å²) in [6, 6.07) is 63.0. The molecule has 0 saturated heterocycles. The van der Waals surface area contributed by atoms with Crippen LogP contribution in [0.5, 0.6) is 0 Å². The number of rotatable bonds is 4. The first kappa shape index (κ1) is 29.3. The van der Waals surface area contributed by atoms with Crippen molar-refractivity contribution in [2.24, 2.45) is 0 Å². The highest BCUT2D eigenvalue weighted by molar-refractivity contribution is 7.99. The molecule has 3 heterocycles. The normalized spacial score (nSPS) is 12.2. The van der Waals surface area contributed by atoms with Gasteiger partial charge in [0, 0.05) is 48.2 Å². The smallest absolute Gasteiger partial charge is 0.161 e. The van der Waals surface area contributed by atoms with Gasteiger partial charge in [-0.15, -0.1) is 0 Å². The molecule has 0 atom stereocenters. The van der Waals surface area contributed by atoms with Gasteiger partial charge in [-0.25, -0.2) is 9.97 Å². The maximum atomic E-state index is 5.34. The zero-order valence-corrected chi connectivity index (χ0v) is 28.8. The van der Waals surface area contributed by atoms with E-state index in [2.05, 4.69) is 180 Å². The highest BCUT2D eigenvalue weighted by Crippen LogP contribution is 2.50. The van der Waals surface area contributed by atoms with Crippen molar-refractivity contribution in [2.75, 3.05) is 0 Å². The van der Waals surface area contributed by atoms with E-state index >= 15 is 0 Å². The Morgan fingerprint density at radius 2 is 1.06 bits per heavy atom. The second-order valence-corrected chi connectivity index (χ2v) is 14.4. The predicted molar refractivity (Wildman–Crippen MR) is 217 cm³/mol. The van der Waals surface area contributed by atoms with Crippen LogP contribution in [0.15, 0.2) is 186 Å². The first-order valence-electron chi connectivity index (χ1n) is 17.6. The molecule has 2 aromatic heterocycles. The van der Waals surface area contributed by atoms with Crippen LogP contribution in [0, 0.1) is 0 Å². The molecule has 0 radical (unpaired) electrons. The third-order valence-corrected chi connectivity index (χ3v) is 11.5. The van der Waals surface area contributed by atoms with Gasteiger partial charge in [0.25, 0.3) is 0 Å². The number of para-hydroxylation sites is 3. The van der Waals surface area contributed by atoms with Crippen molar-refractivity contribution in [3.8, 4) is 50.6 Å². The van der Waals surface area contributed by atoms with Crippen molar-refractivity contribution in [1.29, 1.82) is 0 Å². The van der Waals surface area contributed by atoms with Gasteiger partial charge in [-0.05, 0) is 76.2 Å². The molecule has 0 unspecified atom stereocenters. The standard InChI is InChI=1S/C48H29N3S/c1-2-12-30(13-3-1)31-14-10-15-32(28-31)47-40-18-4-7-21-41(40)49-48(50-47)39-26-27-44-46-37(19-11-20-38(39)46)36-25-24-33(29-45(36)52-44)51-42-22-8-5-16-34(42)35-17-6-9-23-43(35)51/h1-29H. The third kappa shape index (κ3) is 4.48. The van der Waals surface area contributed by atoms with Crippen LogP contribution < -0.4 is 0 Å². The molecule has 1 aliphatic rings. The fourth-order valence-corrected chi connectivity index (χ4v) is 9.21. The lowest BCUT2D eigenvalue weighted by atomic mass is 9.94. The molecule has 11 rings (SSSR count). The van der Waals surface area contributed by atoms with Crippen LogP contribution in [0.4, 0.5) is 0 Å². The number of benzene rings is 8. The summed E-state index contributed by atoms with van der Waals surface area (Å²) in [5.41, 5.74) is 12.5. The van der Waals surface area contributed by atoms with Crippen molar-refractivity contribution >= 4 is 55.2 Å². The summed E-state index contributed by atoms with van der Waals surface area (Å²) in [6.07, 6.45) is 0. The highest BCUT2D eigenvalue weighted by Gasteiger charge is 2.23. The summed E-state index contributed by atoms with van der Waals surface area (Å²) < 4.78 is 2.40. The van der Waals surface area contributed by atoms with E-state index in [-0.39, 0.29) is 0 Å². The molecule has 0 N–H and O–H groups in total. The van der Waals surface area contributed by atoms with Gasteiger partial charge in [-0.2, -0.15) is 0 Å². The minimum atomic E-state index is 0.736. The van der Waals surface area contributed by atoms with Gasteiger partial charge < -0.3 is 4.57 Å². The lowest BCUT2D eigenvalue weighted by Crippen LogP contribution is -1.99. The number of hydrogen-bond donors (Lipinski definition) is 0. The van der Waals surface area contributed by atoms with Crippen molar-refractivity contribution in [1.82, 2.24) is 14.5 Å². The molecule has 0 aliphatic carbocycles. The topological polar surface area (TPSA) is 30.7 Å². The number of hydrogen-bond acceptors (Lipinski definition) is 3. The molecular formula is C48H29N3S. The van der Waals surface area contributed by atoms with E-state index in [4.69, 9.17) is 9.97 Å².